The van der Waals surface area contributed by atoms with Crippen LogP contribution in [-0.2, 0) is 16.0 Å². The molecule has 188 valence electrons. The summed E-state index contributed by atoms with van der Waals surface area (Å²) in [6, 6.07) is 9.59. The van der Waals surface area contributed by atoms with Gasteiger partial charge in [0.1, 0.15) is 6.17 Å². The standard InChI is InChI=1S/C26H34FN5O3/c1-17(2)23-7-8-28-26(30-25-21(27)15-35-16-24(25)33)32(23)20-5-6-22-18(13-20)3-4-19(29-22)14-31-9-11-34-12-10-31/h3-8,13,17,21,24-26,30,33H,9-12,14-16H2,1-2H3. The number of hydrogen-bond acceptors (Lipinski definition) is 8. The largest absolute Gasteiger partial charge is 0.389 e. The molecule has 4 heterocycles. The number of ether oxygens (including phenoxy) is 2. The van der Waals surface area contributed by atoms with Gasteiger partial charge in [-0.2, -0.15) is 0 Å². The van der Waals surface area contributed by atoms with Crippen LogP contribution < -0.4 is 10.2 Å². The molecule has 2 fully saturated rings. The third kappa shape index (κ3) is 5.39. The summed E-state index contributed by atoms with van der Waals surface area (Å²) < 4.78 is 25.2. The van der Waals surface area contributed by atoms with Crippen LogP contribution >= 0.6 is 0 Å². The zero-order valence-electron chi connectivity index (χ0n) is 20.3. The van der Waals surface area contributed by atoms with E-state index in [1.807, 2.05) is 18.2 Å². The van der Waals surface area contributed by atoms with E-state index in [0.717, 1.165) is 60.8 Å². The topological polar surface area (TPSA) is 82.5 Å². The number of rotatable bonds is 6. The van der Waals surface area contributed by atoms with Gasteiger partial charge in [0.05, 0.1) is 49.8 Å². The van der Waals surface area contributed by atoms with Crippen molar-refractivity contribution < 1.29 is 19.0 Å². The van der Waals surface area contributed by atoms with Crippen LogP contribution in [0.5, 0.6) is 0 Å². The lowest BCUT2D eigenvalue weighted by Gasteiger charge is -2.41. The number of aliphatic hydroxyl groups excluding tert-OH is 1. The monoisotopic (exact) mass is 483 g/mol. The first-order valence-corrected chi connectivity index (χ1v) is 12.4. The predicted molar refractivity (Wildman–Crippen MR) is 134 cm³/mol. The minimum atomic E-state index is -1.31. The molecular formula is C26H34FN5O3. The van der Waals surface area contributed by atoms with E-state index in [0.29, 0.717) is 0 Å². The molecule has 0 saturated carbocycles. The van der Waals surface area contributed by atoms with E-state index < -0.39 is 24.6 Å². The van der Waals surface area contributed by atoms with E-state index in [9.17, 15) is 9.50 Å². The number of morpholine rings is 1. The van der Waals surface area contributed by atoms with Gasteiger partial charge in [0.25, 0.3) is 0 Å². The molecule has 5 rings (SSSR count). The molecule has 1 aromatic heterocycles. The first-order chi connectivity index (χ1) is 17.0. The second-order valence-corrected chi connectivity index (χ2v) is 9.67. The Morgan fingerprint density at radius 1 is 1.14 bits per heavy atom. The van der Waals surface area contributed by atoms with Crippen LogP contribution in [0.2, 0.25) is 0 Å². The summed E-state index contributed by atoms with van der Waals surface area (Å²) in [5.74, 6) is 0.219. The van der Waals surface area contributed by atoms with Crippen LogP contribution in [0.25, 0.3) is 10.9 Å². The van der Waals surface area contributed by atoms with E-state index in [2.05, 4.69) is 52.2 Å². The lowest BCUT2D eigenvalue weighted by atomic mass is 10.0. The summed E-state index contributed by atoms with van der Waals surface area (Å²) in [6.07, 6.45) is 0.955. The van der Waals surface area contributed by atoms with Crippen molar-refractivity contribution in [2.75, 3.05) is 44.4 Å². The molecular weight excluding hydrogens is 449 g/mol. The third-order valence-electron chi connectivity index (χ3n) is 6.80. The van der Waals surface area contributed by atoms with Crippen molar-refractivity contribution in [3.05, 3.63) is 47.8 Å². The highest BCUT2D eigenvalue weighted by molar-refractivity contribution is 5.84. The van der Waals surface area contributed by atoms with Gasteiger partial charge in [-0.25, -0.2) is 4.39 Å². The Morgan fingerprint density at radius 3 is 2.74 bits per heavy atom. The average Bonchev–Trinajstić information content (AvgIpc) is 2.86. The van der Waals surface area contributed by atoms with Gasteiger partial charge in [0, 0.05) is 42.6 Å². The van der Waals surface area contributed by atoms with Gasteiger partial charge < -0.3 is 19.5 Å². The number of aliphatic hydroxyl groups is 1. The van der Waals surface area contributed by atoms with Gasteiger partial charge >= 0.3 is 0 Å². The van der Waals surface area contributed by atoms with Crippen molar-refractivity contribution in [3.63, 3.8) is 0 Å². The summed E-state index contributed by atoms with van der Waals surface area (Å²) in [5, 5.41) is 14.6. The van der Waals surface area contributed by atoms with Gasteiger partial charge in [-0.05, 0) is 36.3 Å². The third-order valence-corrected chi connectivity index (χ3v) is 6.80. The summed E-state index contributed by atoms with van der Waals surface area (Å²) in [5.41, 5.74) is 3.97. The molecule has 2 N–H and O–H groups in total. The van der Waals surface area contributed by atoms with Gasteiger partial charge in [-0.15, -0.1) is 0 Å². The molecule has 4 unspecified atom stereocenters. The second kappa shape index (κ2) is 10.7. The fourth-order valence-corrected chi connectivity index (χ4v) is 4.89. The van der Waals surface area contributed by atoms with Crippen LogP contribution in [0.1, 0.15) is 19.5 Å². The molecule has 1 aromatic carbocycles. The van der Waals surface area contributed by atoms with Crippen LogP contribution in [-0.4, -0.2) is 85.3 Å². The molecule has 3 aliphatic rings. The van der Waals surface area contributed by atoms with Gasteiger partial charge in [-0.1, -0.05) is 19.9 Å². The smallest absolute Gasteiger partial charge is 0.180 e. The number of benzene rings is 1. The maximum absolute atomic E-state index is 14.6. The zero-order valence-corrected chi connectivity index (χ0v) is 20.3. The Bertz CT molecular complexity index is 1080. The molecule has 2 saturated heterocycles. The number of hydrogen-bond donors (Lipinski definition) is 2. The predicted octanol–water partition coefficient (Wildman–Crippen LogP) is 2.47. The van der Waals surface area contributed by atoms with Crippen molar-refractivity contribution in [2.24, 2.45) is 10.9 Å². The molecule has 35 heavy (non-hydrogen) atoms. The number of halogens is 1. The number of aromatic nitrogens is 1. The van der Waals surface area contributed by atoms with E-state index >= 15 is 0 Å². The molecule has 0 aliphatic carbocycles. The Kier molecular flexibility index (Phi) is 7.40. The minimum absolute atomic E-state index is 0.0352. The molecule has 0 spiro atoms. The maximum atomic E-state index is 14.6. The van der Waals surface area contributed by atoms with E-state index in [1.54, 1.807) is 6.21 Å². The SMILES string of the molecule is CC(C)C1=CC=NC(NC2C(O)COCC2F)N1c1ccc2nc(CN3CCOCC3)ccc2c1. The highest BCUT2D eigenvalue weighted by Gasteiger charge is 2.37. The second-order valence-electron chi connectivity index (χ2n) is 9.67. The Balaban J connectivity index is 1.41. The van der Waals surface area contributed by atoms with Gasteiger partial charge in [0.15, 0.2) is 6.29 Å². The molecule has 0 bridgehead atoms. The number of anilines is 1. The lowest BCUT2D eigenvalue weighted by molar-refractivity contribution is -0.0715. The minimum Gasteiger partial charge on any atom is -0.389 e. The number of pyridine rings is 1. The summed E-state index contributed by atoms with van der Waals surface area (Å²) in [4.78, 5) is 13.9. The van der Waals surface area contributed by atoms with Gasteiger partial charge in [0.2, 0.25) is 0 Å². The summed E-state index contributed by atoms with van der Waals surface area (Å²) >= 11 is 0. The number of nitrogens with zero attached hydrogens (tertiary/aromatic N) is 4. The number of nitrogens with one attached hydrogen (secondary N) is 1. The van der Waals surface area contributed by atoms with Gasteiger partial charge in [-0.3, -0.25) is 20.2 Å². The molecule has 0 radical (unpaired) electrons. The number of aliphatic imine (C=N–C) groups is 1. The summed E-state index contributed by atoms with van der Waals surface area (Å²) in [6.45, 7) is 8.51. The van der Waals surface area contributed by atoms with E-state index in [1.165, 1.54) is 0 Å². The highest BCUT2D eigenvalue weighted by Crippen LogP contribution is 2.31. The number of alkyl halides is 1. The Morgan fingerprint density at radius 2 is 1.97 bits per heavy atom. The molecule has 9 heteroatoms. The molecule has 2 aromatic rings. The Hall–Kier alpha value is -2.43. The lowest BCUT2D eigenvalue weighted by Crippen LogP contribution is -2.60. The van der Waals surface area contributed by atoms with Crippen LogP contribution in [0, 0.1) is 5.92 Å². The fraction of sp³-hybridized carbons (Fsp3) is 0.538. The fourth-order valence-electron chi connectivity index (χ4n) is 4.89. The molecule has 8 nitrogen and oxygen atoms in total. The van der Waals surface area contributed by atoms with Crippen LogP contribution in [0.3, 0.4) is 0 Å². The quantitative estimate of drug-likeness (QED) is 0.653. The van der Waals surface area contributed by atoms with Crippen molar-refractivity contribution >= 4 is 22.8 Å². The zero-order chi connectivity index (χ0) is 24.4. The number of fused-ring (bicyclic) bond motifs is 1. The van der Waals surface area contributed by atoms with E-state index in [4.69, 9.17) is 14.5 Å². The first kappa shape index (κ1) is 24.3. The van der Waals surface area contributed by atoms with Crippen molar-refractivity contribution in [3.8, 4) is 0 Å². The summed E-state index contributed by atoms with van der Waals surface area (Å²) in [7, 11) is 0. The van der Waals surface area contributed by atoms with E-state index in [-0.39, 0.29) is 19.1 Å². The highest BCUT2D eigenvalue weighted by atomic mass is 19.1. The average molecular weight is 484 g/mol. The molecule has 0 amide bonds. The Labute approximate surface area is 205 Å². The first-order valence-electron chi connectivity index (χ1n) is 12.4. The van der Waals surface area contributed by atoms with Crippen molar-refractivity contribution in [1.29, 1.82) is 0 Å². The van der Waals surface area contributed by atoms with Crippen LogP contribution in [0.4, 0.5) is 10.1 Å². The van der Waals surface area contributed by atoms with Crippen LogP contribution in [0.15, 0.2) is 47.1 Å². The molecule has 3 aliphatic heterocycles. The number of allylic oxidation sites excluding steroid dienone is 2. The molecule has 4 atom stereocenters. The van der Waals surface area contributed by atoms with Crippen molar-refractivity contribution in [1.82, 2.24) is 15.2 Å². The van der Waals surface area contributed by atoms with Crippen molar-refractivity contribution in [2.45, 2.75) is 45.0 Å². The maximum Gasteiger partial charge on any atom is 0.180 e. The normalized spacial score (nSPS) is 28.0.